The third-order valence-electron chi connectivity index (χ3n) is 5.96. The quantitative estimate of drug-likeness (QED) is 0.724. The van der Waals surface area contributed by atoms with Crippen molar-refractivity contribution < 1.29 is 14.0 Å². The molecule has 0 bridgehead atoms. The minimum atomic E-state index is -0.356. The van der Waals surface area contributed by atoms with Crippen LogP contribution < -0.4 is 9.80 Å². The number of carbonyl (C=O) groups is 2. The summed E-state index contributed by atoms with van der Waals surface area (Å²) in [6.45, 7) is 2.90. The molecule has 1 aromatic heterocycles. The second-order valence-electron chi connectivity index (χ2n) is 7.79. The van der Waals surface area contributed by atoms with E-state index in [1.165, 1.54) is 12.1 Å². The monoisotopic (exact) mass is 407 g/mol. The molecule has 7 nitrogen and oxygen atoms in total. The molecule has 2 saturated heterocycles. The van der Waals surface area contributed by atoms with Gasteiger partial charge in [0.2, 0.25) is 11.8 Å². The highest BCUT2D eigenvalue weighted by molar-refractivity contribution is 6.05. The van der Waals surface area contributed by atoms with Gasteiger partial charge in [0.25, 0.3) is 0 Å². The zero-order valence-corrected chi connectivity index (χ0v) is 16.4. The van der Waals surface area contributed by atoms with Crippen molar-refractivity contribution in [1.29, 1.82) is 0 Å². The average molecular weight is 407 g/mol. The standard InChI is InChI=1S/C22H22FN5O2/c23-16-5-7-17(8-6-16)26-9-11-27(12-10-26)22(30)15-13-20(29)28(14-15)21-18-3-1-2-4-19(18)24-25-21/h1-8,15H,9-14H2,(H,24,25). The number of hydrogen-bond acceptors (Lipinski definition) is 4. The van der Waals surface area contributed by atoms with Crippen LogP contribution >= 0.6 is 0 Å². The summed E-state index contributed by atoms with van der Waals surface area (Å²) in [6.07, 6.45) is 0.207. The molecule has 1 unspecified atom stereocenters. The zero-order chi connectivity index (χ0) is 20.7. The van der Waals surface area contributed by atoms with Gasteiger partial charge in [-0.15, -0.1) is 0 Å². The molecule has 8 heteroatoms. The number of nitrogens with zero attached hydrogens (tertiary/aromatic N) is 4. The van der Waals surface area contributed by atoms with Gasteiger partial charge in [-0.05, 0) is 36.4 Å². The van der Waals surface area contributed by atoms with Crippen LogP contribution in [0, 0.1) is 11.7 Å². The first-order valence-corrected chi connectivity index (χ1v) is 10.1. The first kappa shape index (κ1) is 18.6. The van der Waals surface area contributed by atoms with E-state index in [4.69, 9.17) is 0 Å². The Hall–Kier alpha value is -3.42. The van der Waals surface area contributed by atoms with Crippen LogP contribution in [-0.4, -0.2) is 59.6 Å². The number of halogens is 1. The van der Waals surface area contributed by atoms with Gasteiger partial charge in [0.15, 0.2) is 5.82 Å². The molecule has 2 aliphatic rings. The van der Waals surface area contributed by atoms with Crippen molar-refractivity contribution in [3.63, 3.8) is 0 Å². The van der Waals surface area contributed by atoms with Gasteiger partial charge in [0, 0.05) is 50.2 Å². The van der Waals surface area contributed by atoms with E-state index in [1.807, 2.05) is 29.2 Å². The number of piperazine rings is 1. The first-order valence-electron chi connectivity index (χ1n) is 10.1. The molecule has 0 saturated carbocycles. The van der Waals surface area contributed by atoms with Crippen LogP contribution in [0.1, 0.15) is 6.42 Å². The number of rotatable bonds is 3. The molecule has 3 heterocycles. The van der Waals surface area contributed by atoms with Crippen LogP contribution in [0.5, 0.6) is 0 Å². The highest BCUT2D eigenvalue weighted by Gasteiger charge is 2.39. The van der Waals surface area contributed by atoms with Crippen molar-refractivity contribution in [3.05, 3.63) is 54.3 Å². The Labute approximate surface area is 173 Å². The molecular weight excluding hydrogens is 385 g/mol. The predicted octanol–water partition coefficient (Wildman–Crippen LogP) is 2.40. The van der Waals surface area contributed by atoms with E-state index in [2.05, 4.69) is 15.1 Å². The molecular formula is C22H22FN5O2. The summed E-state index contributed by atoms with van der Waals surface area (Å²) in [6, 6.07) is 14.1. The average Bonchev–Trinajstić information content (AvgIpc) is 3.37. The van der Waals surface area contributed by atoms with Gasteiger partial charge in [-0.1, -0.05) is 12.1 Å². The van der Waals surface area contributed by atoms with E-state index >= 15 is 0 Å². The van der Waals surface area contributed by atoms with Crippen LogP contribution in [0.3, 0.4) is 0 Å². The van der Waals surface area contributed by atoms with Gasteiger partial charge in [-0.3, -0.25) is 19.6 Å². The van der Waals surface area contributed by atoms with Crippen molar-refractivity contribution in [3.8, 4) is 0 Å². The lowest BCUT2D eigenvalue weighted by Gasteiger charge is -2.37. The third kappa shape index (κ3) is 3.28. The maximum Gasteiger partial charge on any atom is 0.229 e. The highest BCUT2D eigenvalue weighted by atomic mass is 19.1. The van der Waals surface area contributed by atoms with Gasteiger partial charge in [-0.2, -0.15) is 5.10 Å². The summed E-state index contributed by atoms with van der Waals surface area (Å²) in [4.78, 5) is 31.3. The van der Waals surface area contributed by atoms with Crippen molar-refractivity contribution in [2.75, 3.05) is 42.5 Å². The third-order valence-corrected chi connectivity index (χ3v) is 5.96. The van der Waals surface area contributed by atoms with Crippen LogP contribution in [0.25, 0.3) is 10.9 Å². The Bertz CT molecular complexity index is 1090. The Morgan fingerprint density at radius 3 is 2.53 bits per heavy atom. The molecule has 2 amide bonds. The van der Waals surface area contributed by atoms with Crippen molar-refractivity contribution in [1.82, 2.24) is 15.1 Å². The lowest BCUT2D eigenvalue weighted by Crippen LogP contribution is -2.50. The number of nitrogens with one attached hydrogen (secondary N) is 1. The molecule has 0 radical (unpaired) electrons. The zero-order valence-electron chi connectivity index (χ0n) is 16.4. The molecule has 2 aliphatic heterocycles. The van der Waals surface area contributed by atoms with Crippen molar-refractivity contribution in [2.24, 2.45) is 5.92 Å². The summed E-state index contributed by atoms with van der Waals surface area (Å²) < 4.78 is 13.1. The van der Waals surface area contributed by atoms with Crippen molar-refractivity contribution in [2.45, 2.75) is 6.42 Å². The lowest BCUT2D eigenvalue weighted by atomic mass is 10.1. The number of hydrogen-bond donors (Lipinski definition) is 1. The number of aromatic nitrogens is 2. The van der Waals surface area contributed by atoms with Gasteiger partial charge in [0.05, 0.1) is 11.4 Å². The van der Waals surface area contributed by atoms with Gasteiger partial charge < -0.3 is 9.80 Å². The second-order valence-corrected chi connectivity index (χ2v) is 7.79. The van der Waals surface area contributed by atoms with E-state index < -0.39 is 0 Å². The Kier molecular flexibility index (Phi) is 4.61. The Balaban J connectivity index is 1.24. The minimum absolute atomic E-state index is 0.0180. The molecule has 30 heavy (non-hydrogen) atoms. The molecule has 154 valence electrons. The minimum Gasteiger partial charge on any atom is -0.368 e. The summed E-state index contributed by atoms with van der Waals surface area (Å²) in [5, 5.41) is 8.14. The summed E-state index contributed by atoms with van der Waals surface area (Å²) in [5.41, 5.74) is 1.82. The molecule has 0 aliphatic carbocycles. The van der Waals surface area contributed by atoms with E-state index in [0.29, 0.717) is 38.5 Å². The smallest absolute Gasteiger partial charge is 0.229 e. The largest absolute Gasteiger partial charge is 0.368 e. The van der Waals surface area contributed by atoms with Gasteiger partial charge >= 0.3 is 0 Å². The second kappa shape index (κ2) is 7.44. The number of amides is 2. The maximum atomic E-state index is 13.1. The predicted molar refractivity (Wildman–Crippen MR) is 112 cm³/mol. The van der Waals surface area contributed by atoms with Gasteiger partial charge in [0.1, 0.15) is 5.82 Å². The van der Waals surface area contributed by atoms with Crippen LogP contribution in [0.15, 0.2) is 48.5 Å². The van der Waals surface area contributed by atoms with Crippen LogP contribution in [-0.2, 0) is 9.59 Å². The number of benzene rings is 2. The topological polar surface area (TPSA) is 72.5 Å². The normalized spacial score (nSPS) is 19.7. The van der Waals surface area contributed by atoms with E-state index in [-0.39, 0.29) is 30.0 Å². The number of anilines is 2. The van der Waals surface area contributed by atoms with E-state index in [1.54, 1.807) is 17.0 Å². The fourth-order valence-corrected chi connectivity index (χ4v) is 4.33. The van der Waals surface area contributed by atoms with Crippen molar-refractivity contribution >= 4 is 34.2 Å². The van der Waals surface area contributed by atoms with Crippen LogP contribution in [0.2, 0.25) is 0 Å². The molecule has 2 aromatic carbocycles. The fraction of sp³-hybridized carbons (Fsp3) is 0.318. The van der Waals surface area contributed by atoms with Crippen LogP contribution in [0.4, 0.5) is 15.9 Å². The maximum absolute atomic E-state index is 13.1. The number of fused-ring (bicyclic) bond motifs is 1. The SMILES string of the molecule is O=C(C1CC(=O)N(c2n[nH]c3ccccc23)C1)N1CCN(c2ccc(F)cc2)CC1. The first-order chi connectivity index (χ1) is 14.6. The fourth-order valence-electron chi connectivity index (χ4n) is 4.33. The number of H-pyrrole nitrogens is 1. The van der Waals surface area contributed by atoms with E-state index in [0.717, 1.165) is 16.6 Å². The summed E-state index contributed by atoms with van der Waals surface area (Å²) in [7, 11) is 0. The summed E-state index contributed by atoms with van der Waals surface area (Å²) >= 11 is 0. The van der Waals surface area contributed by atoms with Gasteiger partial charge in [-0.25, -0.2) is 4.39 Å². The lowest BCUT2D eigenvalue weighted by molar-refractivity contribution is -0.136. The molecule has 3 aromatic rings. The van der Waals surface area contributed by atoms with E-state index in [9.17, 15) is 14.0 Å². The number of carbonyl (C=O) groups excluding carboxylic acids is 2. The summed E-state index contributed by atoms with van der Waals surface area (Å²) in [5.74, 6) is -0.0786. The molecule has 1 atom stereocenters. The Morgan fingerprint density at radius 2 is 1.77 bits per heavy atom. The molecule has 1 N–H and O–H groups in total. The molecule has 0 spiro atoms. The number of para-hydroxylation sites is 1. The highest BCUT2D eigenvalue weighted by Crippen LogP contribution is 2.30. The molecule has 2 fully saturated rings. The number of aromatic amines is 1. The molecule has 5 rings (SSSR count). The Morgan fingerprint density at radius 1 is 1.03 bits per heavy atom.